The van der Waals surface area contributed by atoms with Gasteiger partial charge in [0.1, 0.15) is 0 Å². The summed E-state index contributed by atoms with van der Waals surface area (Å²) in [6.45, 7) is 9.83. The van der Waals surface area contributed by atoms with Gasteiger partial charge >= 0.3 is 0 Å². The highest BCUT2D eigenvalue weighted by Crippen LogP contribution is 2.21. The van der Waals surface area contributed by atoms with Gasteiger partial charge in [-0.2, -0.15) is 10.5 Å². The second-order valence-electron chi connectivity index (χ2n) is 5.06. The quantitative estimate of drug-likeness (QED) is 0.407. The molecule has 1 unspecified atom stereocenters. The molecule has 0 saturated heterocycles. The van der Waals surface area contributed by atoms with Crippen LogP contribution < -0.4 is 0 Å². The summed E-state index contributed by atoms with van der Waals surface area (Å²) in [6.07, 6.45) is 3.53. The highest BCUT2D eigenvalue weighted by atomic mass is 15.1. The summed E-state index contributed by atoms with van der Waals surface area (Å²) in [4.78, 5) is 3.74. The predicted molar refractivity (Wildman–Crippen MR) is 84.9 cm³/mol. The largest absolute Gasteiger partial charge is 0.313 e. The van der Waals surface area contributed by atoms with Crippen molar-refractivity contribution in [2.45, 2.75) is 40.5 Å². The number of hydrogen-bond donors (Lipinski definition) is 0. The van der Waals surface area contributed by atoms with E-state index in [4.69, 9.17) is 10.5 Å². The van der Waals surface area contributed by atoms with Gasteiger partial charge in [-0.25, -0.2) is 0 Å². The van der Waals surface area contributed by atoms with E-state index in [1.165, 1.54) is 11.1 Å². The minimum atomic E-state index is 0.289. The van der Waals surface area contributed by atoms with Gasteiger partial charge in [0, 0.05) is 32.5 Å². The molecule has 0 saturated carbocycles. The lowest BCUT2D eigenvalue weighted by Gasteiger charge is -2.22. The van der Waals surface area contributed by atoms with Crippen LogP contribution in [0.5, 0.6) is 0 Å². The molecule has 0 spiro atoms. The first-order valence-corrected chi connectivity index (χ1v) is 7.21. The fraction of sp³-hybridized carbons (Fsp3) is 0.750. The summed E-state index contributed by atoms with van der Waals surface area (Å²) in [5.74, 6) is 0.289. The van der Waals surface area contributed by atoms with E-state index in [0.29, 0.717) is 6.42 Å². The highest BCUT2D eigenvalue weighted by Gasteiger charge is 2.14. The van der Waals surface area contributed by atoms with Crippen LogP contribution in [0.1, 0.15) is 40.5 Å². The molecule has 0 N–H and O–H groups in total. The lowest BCUT2D eigenvalue weighted by atomic mass is 9.92. The van der Waals surface area contributed by atoms with Gasteiger partial charge < -0.3 is 9.80 Å². The average Bonchev–Trinajstić information content (AvgIpc) is 2.44. The summed E-state index contributed by atoms with van der Waals surface area (Å²) < 4.78 is 0. The third-order valence-corrected chi connectivity index (χ3v) is 3.20. The van der Waals surface area contributed by atoms with Crippen molar-refractivity contribution in [1.29, 1.82) is 10.5 Å². The molecule has 1 atom stereocenters. The maximum atomic E-state index is 8.89. The molecular weight excluding hydrogens is 248 g/mol. The van der Waals surface area contributed by atoms with Gasteiger partial charge in [0.2, 0.25) is 0 Å². The Morgan fingerprint density at radius 3 is 2.05 bits per heavy atom. The van der Waals surface area contributed by atoms with Crippen LogP contribution >= 0.6 is 0 Å². The zero-order valence-corrected chi connectivity index (χ0v) is 14.2. The molecule has 0 aromatic rings. The second kappa shape index (κ2) is 12.5. The number of nitrogens with zero attached hydrogens (tertiary/aromatic N) is 4. The Balaban J connectivity index is 0. The second-order valence-corrected chi connectivity index (χ2v) is 5.06. The van der Waals surface area contributed by atoms with Crippen molar-refractivity contribution >= 4 is 0 Å². The summed E-state index contributed by atoms with van der Waals surface area (Å²) in [7, 11) is 5.84. The first kappa shape index (κ1) is 20.8. The van der Waals surface area contributed by atoms with Crippen LogP contribution in [0.4, 0.5) is 0 Å². The monoisotopic (exact) mass is 278 g/mol. The van der Waals surface area contributed by atoms with E-state index in [1.54, 1.807) is 11.9 Å². The van der Waals surface area contributed by atoms with E-state index in [0.717, 1.165) is 19.5 Å². The van der Waals surface area contributed by atoms with E-state index in [2.05, 4.69) is 31.0 Å². The lowest BCUT2D eigenvalue weighted by Crippen LogP contribution is -2.23. The van der Waals surface area contributed by atoms with Gasteiger partial charge in [0.05, 0.1) is 6.07 Å². The Morgan fingerprint density at radius 1 is 1.10 bits per heavy atom. The zero-order chi connectivity index (χ0) is 16.1. The Bertz CT molecular complexity index is 358. The molecule has 0 rings (SSSR count). The smallest absolute Gasteiger partial charge is 0.179 e. The molecule has 20 heavy (non-hydrogen) atoms. The first-order chi connectivity index (χ1) is 9.42. The Hall–Kier alpha value is -1.52. The summed E-state index contributed by atoms with van der Waals surface area (Å²) in [5, 5.41) is 17.6. The first-order valence-electron chi connectivity index (χ1n) is 7.21. The summed E-state index contributed by atoms with van der Waals surface area (Å²) >= 11 is 0. The normalized spacial score (nSPS) is 12.5. The molecule has 0 aliphatic rings. The van der Waals surface area contributed by atoms with Gasteiger partial charge in [0.25, 0.3) is 0 Å². The Kier molecular flexibility index (Phi) is 13.0. The van der Waals surface area contributed by atoms with E-state index in [9.17, 15) is 0 Å². The van der Waals surface area contributed by atoms with Crippen molar-refractivity contribution in [3.8, 4) is 12.3 Å². The third kappa shape index (κ3) is 9.42. The molecule has 0 radical (unpaired) electrons. The number of nitriles is 2. The minimum Gasteiger partial charge on any atom is -0.313 e. The number of hydrogen-bond acceptors (Lipinski definition) is 4. The molecule has 0 aliphatic heterocycles. The summed E-state index contributed by atoms with van der Waals surface area (Å²) in [5.41, 5.74) is 2.58. The van der Waals surface area contributed by atoms with E-state index in [1.807, 2.05) is 27.9 Å². The molecule has 0 fully saturated rings. The van der Waals surface area contributed by atoms with Gasteiger partial charge in [0.15, 0.2) is 6.19 Å². The van der Waals surface area contributed by atoms with Crippen molar-refractivity contribution < 1.29 is 0 Å². The highest BCUT2D eigenvalue weighted by molar-refractivity contribution is 5.15. The Labute approximate surface area is 125 Å². The molecule has 0 amide bonds. The van der Waals surface area contributed by atoms with Gasteiger partial charge in [-0.1, -0.05) is 25.0 Å². The molecule has 0 heterocycles. The number of rotatable bonds is 7. The molecule has 114 valence electrons. The molecule has 0 aromatic heterocycles. The van der Waals surface area contributed by atoms with Crippen LogP contribution in [-0.4, -0.2) is 44.0 Å². The van der Waals surface area contributed by atoms with Crippen LogP contribution in [-0.2, 0) is 0 Å². The third-order valence-electron chi connectivity index (χ3n) is 3.20. The van der Waals surface area contributed by atoms with Crippen LogP contribution in [0, 0.1) is 28.7 Å². The maximum absolute atomic E-state index is 8.89. The molecule has 4 heteroatoms. The van der Waals surface area contributed by atoms with Crippen molar-refractivity contribution in [1.82, 2.24) is 9.80 Å². The van der Waals surface area contributed by atoms with Gasteiger partial charge in [-0.3, -0.25) is 0 Å². The zero-order valence-electron chi connectivity index (χ0n) is 14.2. The van der Waals surface area contributed by atoms with Gasteiger partial charge in [-0.05, 0) is 34.4 Å². The van der Waals surface area contributed by atoms with Crippen molar-refractivity contribution in [3.05, 3.63) is 11.1 Å². The average molecular weight is 278 g/mol. The molecule has 4 nitrogen and oxygen atoms in total. The SMILES string of the molecule is C/C(CCN(C)C#N)=C(\C)C(CC#N)CN(C)C.CC. The topological polar surface area (TPSA) is 54.1 Å². The van der Waals surface area contributed by atoms with Gasteiger partial charge in [-0.15, -0.1) is 0 Å². The van der Waals surface area contributed by atoms with Crippen LogP contribution in [0.15, 0.2) is 11.1 Å². The molecule has 0 aliphatic carbocycles. The summed E-state index contributed by atoms with van der Waals surface area (Å²) in [6, 6.07) is 2.26. The maximum Gasteiger partial charge on any atom is 0.179 e. The Morgan fingerprint density at radius 2 is 1.65 bits per heavy atom. The fourth-order valence-electron chi connectivity index (χ4n) is 1.84. The molecular formula is C16H30N4. The van der Waals surface area contributed by atoms with Crippen molar-refractivity contribution in [2.75, 3.05) is 34.2 Å². The van der Waals surface area contributed by atoms with Crippen LogP contribution in [0.25, 0.3) is 0 Å². The standard InChI is InChI=1S/C14H24N4.C2H6/c1-12(7-9-18(5)11-16)13(2)14(6-8-15)10-17(3)4;1-2/h14H,6-7,9-10H2,1-5H3;1-2H3/b13-12-;. The van der Waals surface area contributed by atoms with Crippen molar-refractivity contribution in [2.24, 2.45) is 5.92 Å². The molecule has 0 bridgehead atoms. The minimum absolute atomic E-state index is 0.289. The lowest BCUT2D eigenvalue weighted by molar-refractivity contribution is 0.350. The molecule has 0 aromatic carbocycles. The van der Waals surface area contributed by atoms with E-state index >= 15 is 0 Å². The van der Waals surface area contributed by atoms with E-state index < -0.39 is 0 Å². The predicted octanol–water partition coefficient (Wildman–Crippen LogP) is 3.24. The van der Waals surface area contributed by atoms with Crippen LogP contribution in [0.3, 0.4) is 0 Å². The fourth-order valence-corrected chi connectivity index (χ4v) is 1.84. The van der Waals surface area contributed by atoms with Crippen molar-refractivity contribution in [3.63, 3.8) is 0 Å². The van der Waals surface area contributed by atoms with Crippen LogP contribution in [0.2, 0.25) is 0 Å². The van der Waals surface area contributed by atoms with E-state index in [-0.39, 0.29) is 5.92 Å².